The second kappa shape index (κ2) is 3.29. The van der Waals surface area contributed by atoms with Gasteiger partial charge in [0.15, 0.2) is 0 Å². The third kappa shape index (κ3) is 1.43. The lowest BCUT2D eigenvalue weighted by Gasteiger charge is -2.07. The molecular weight excluding hydrogens is 183 g/mol. The smallest absolute Gasteiger partial charge is 0.229 e. The third-order valence-corrected chi connectivity index (χ3v) is 2.31. The number of halogens is 1. The maximum absolute atomic E-state index is 13.3. The van der Waals surface area contributed by atoms with Crippen molar-refractivity contribution in [2.45, 2.75) is 6.92 Å². The van der Waals surface area contributed by atoms with Crippen molar-refractivity contribution in [1.29, 1.82) is 0 Å². The van der Waals surface area contributed by atoms with Crippen LogP contribution in [0.25, 0.3) is 0 Å². The lowest BCUT2D eigenvalue weighted by Crippen LogP contribution is -2.22. The second-order valence-electron chi connectivity index (χ2n) is 3.43. The van der Waals surface area contributed by atoms with Gasteiger partial charge in [0, 0.05) is 6.54 Å². The number of anilines is 2. The quantitative estimate of drug-likeness (QED) is 0.661. The molecule has 1 aliphatic heterocycles. The Bertz CT molecular complexity index is 378. The van der Waals surface area contributed by atoms with Crippen LogP contribution in [0.1, 0.15) is 6.92 Å². The summed E-state index contributed by atoms with van der Waals surface area (Å²) in [5, 5.41) is 5.59. The molecule has 0 saturated heterocycles. The fourth-order valence-electron chi connectivity index (χ4n) is 1.40. The van der Waals surface area contributed by atoms with Gasteiger partial charge in [0.2, 0.25) is 5.91 Å². The van der Waals surface area contributed by atoms with Crippen molar-refractivity contribution in [3.8, 4) is 0 Å². The Morgan fingerprint density at radius 3 is 3.07 bits per heavy atom. The van der Waals surface area contributed by atoms with Crippen LogP contribution in [-0.4, -0.2) is 12.5 Å². The number of para-hydroxylation sites is 1. The number of amides is 1. The summed E-state index contributed by atoms with van der Waals surface area (Å²) in [6.07, 6.45) is 0. The average Bonchev–Trinajstić information content (AvgIpc) is 2.30. The first-order valence-corrected chi connectivity index (χ1v) is 4.51. The van der Waals surface area contributed by atoms with E-state index in [9.17, 15) is 9.18 Å². The van der Waals surface area contributed by atoms with Gasteiger partial charge in [0.25, 0.3) is 0 Å². The van der Waals surface area contributed by atoms with Crippen molar-refractivity contribution in [1.82, 2.24) is 0 Å². The molecule has 1 amide bonds. The van der Waals surface area contributed by atoms with Crippen LogP contribution >= 0.6 is 0 Å². The van der Waals surface area contributed by atoms with Crippen LogP contribution in [0.2, 0.25) is 0 Å². The summed E-state index contributed by atoms with van der Waals surface area (Å²) in [5.41, 5.74) is 0.893. The molecule has 3 nitrogen and oxygen atoms in total. The van der Waals surface area contributed by atoms with E-state index < -0.39 is 5.82 Å². The Labute approximate surface area is 81.3 Å². The zero-order valence-electron chi connectivity index (χ0n) is 7.80. The molecule has 1 aromatic rings. The average molecular weight is 194 g/mol. The molecule has 74 valence electrons. The third-order valence-electron chi connectivity index (χ3n) is 2.31. The molecule has 0 radical (unpaired) electrons. The Kier molecular flexibility index (Phi) is 2.11. The van der Waals surface area contributed by atoms with E-state index >= 15 is 0 Å². The largest absolute Gasteiger partial charge is 0.382 e. The number of rotatable bonds is 0. The molecule has 2 rings (SSSR count). The number of nitrogens with one attached hydrogen (secondary N) is 2. The normalized spacial score (nSPS) is 20.4. The molecular formula is C10H11FN2O. The van der Waals surface area contributed by atoms with Crippen LogP contribution in [0.5, 0.6) is 0 Å². The minimum absolute atomic E-state index is 0.151. The molecule has 0 bridgehead atoms. The highest BCUT2D eigenvalue weighted by atomic mass is 19.1. The predicted molar refractivity (Wildman–Crippen MR) is 52.7 cm³/mol. The molecule has 1 heterocycles. The van der Waals surface area contributed by atoms with Crippen LogP contribution in [0.4, 0.5) is 15.8 Å². The Morgan fingerprint density at radius 2 is 2.29 bits per heavy atom. The molecule has 0 spiro atoms. The van der Waals surface area contributed by atoms with Crippen LogP contribution in [0.3, 0.4) is 0 Å². The minimum Gasteiger partial charge on any atom is -0.382 e. The van der Waals surface area contributed by atoms with Crippen LogP contribution in [0.15, 0.2) is 18.2 Å². The summed E-state index contributed by atoms with van der Waals surface area (Å²) in [6.45, 7) is 2.33. The number of carbonyl (C=O) groups excluding carboxylic acids is 1. The highest BCUT2D eigenvalue weighted by Crippen LogP contribution is 2.27. The first-order valence-electron chi connectivity index (χ1n) is 4.51. The van der Waals surface area contributed by atoms with Gasteiger partial charge in [-0.1, -0.05) is 13.0 Å². The highest BCUT2D eigenvalue weighted by Gasteiger charge is 2.20. The van der Waals surface area contributed by atoms with Crippen molar-refractivity contribution in [3.63, 3.8) is 0 Å². The van der Waals surface area contributed by atoms with E-state index in [0.29, 0.717) is 12.2 Å². The van der Waals surface area contributed by atoms with Crippen LogP contribution < -0.4 is 10.6 Å². The molecule has 1 atom stereocenters. The van der Waals surface area contributed by atoms with Crippen molar-refractivity contribution >= 4 is 17.3 Å². The molecule has 1 aliphatic rings. The van der Waals surface area contributed by atoms with E-state index in [-0.39, 0.29) is 17.5 Å². The van der Waals surface area contributed by atoms with Crippen molar-refractivity contribution < 1.29 is 9.18 Å². The fraction of sp³-hybridized carbons (Fsp3) is 0.300. The van der Waals surface area contributed by atoms with Gasteiger partial charge in [-0.05, 0) is 12.1 Å². The summed E-state index contributed by atoms with van der Waals surface area (Å²) < 4.78 is 13.3. The molecule has 0 fully saturated rings. The molecule has 0 aromatic heterocycles. The van der Waals surface area contributed by atoms with E-state index in [0.717, 1.165) is 0 Å². The maximum atomic E-state index is 13.3. The zero-order valence-corrected chi connectivity index (χ0v) is 7.80. The SMILES string of the molecule is CC1CNc2cccc(F)c2NC1=O. The molecule has 0 saturated carbocycles. The Balaban J connectivity index is 2.43. The van der Waals surface area contributed by atoms with Crippen LogP contribution in [0, 0.1) is 11.7 Å². The van der Waals surface area contributed by atoms with Gasteiger partial charge in [0.1, 0.15) is 11.5 Å². The van der Waals surface area contributed by atoms with E-state index in [1.807, 2.05) is 0 Å². The number of benzene rings is 1. The van der Waals surface area contributed by atoms with E-state index in [2.05, 4.69) is 10.6 Å². The van der Waals surface area contributed by atoms with Gasteiger partial charge in [-0.25, -0.2) is 4.39 Å². The summed E-state index contributed by atoms with van der Waals surface area (Å²) >= 11 is 0. The Hall–Kier alpha value is -1.58. The molecule has 2 N–H and O–H groups in total. The molecule has 1 aromatic carbocycles. The molecule has 1 unspecified atom stereocenters. The van der Waals surface area contributed by atoms with Gasteiger partial charge in [-0.15, -0.1) is 0 Å². The molecule has 0 aliphatic carbocycles. The predicted octanol–water partition coefficient (Wildman–Crippen LogP) is 1.83. The van der Waals surface area contributed by atoms with Gasteiger partial charge < -0.3 is 10.6 Å². The monoisotopic (exact) mass is 194 g/mol. The van der Waals surface area contributed by atoms with E-state index in [1.54, 1.807) is 19.1 Å². The fourth-order valence-corrected chi connectivity index (χ4v) is 1.40. The van der Waals surface area contributed by atoms with E-state index in [4.69, 9.17) is 0 Å². The number of hydrogen-bond acceptors (Lipinski definition) is 2. The minimum atomic E-state index is -0.405. The second-order valence-corrected chi connectivity index (χ2v) is 3.43. The first kappa shape index (κ1) is 8.99. The standard InChI is InChI=1S/C10H11FN2O/c1-6-5-12-8-4-2-3-7(11)9(8)13-10(6)14/h2-4,6,12H,5H2,1H3,(H,13,14). The topological polar surface area (TPSA) is 41.1 Å². The number of carbonyl (C=O) groups is 1. The van der Waals surface area contributed by atoms with Gasteiger partial charge in [0.05, 0.1) is 11.6 Å². The maximum Gasteiger partial charge on any atom is 0.229 e. The zero-order chi connectivity index (χ0) is 10.1. The van der Waals surface area contributed by atoms with Gasteiger partial charge in [-0.2, -0.15) is 0 Å². The van der Waals surface area contributed by atoms with Crippen molar-refractivity contribution in [3.05, 3.63) is 24.0 Å². The summed E-state index contributed by atoms with van der Waals surface area (Å²) in [4.78, 5) is 11.4. The van der Waals surface area contributed by atoms with Gasteiger partial charge >= 0.3 is 0 Å². The van der Waals surface area contributed by atoms with Gasteiger partial charge in [-0.3, -0.25) is 4.79 Å². The summed E-state index contributed by atoms with van der Waals surface area (Å²) in [5.74, 6) is -0.708. The van der Waals surface area contributed by atoms with Crippen molar-refractivity contribution in [2.24, 2.45) is 5.92 Å². The van der Waals surface area contributed by atoms with Crippen LogP contribution in [-0.2, 0) is 4.79 Å². The number of fused-ring (bicyclic) bond motifs is 1. The summed E-state index contributed by atoms with van der Waals surface area (Å²) in [6, 6.07) is 4.69. The highest BCUT2D eigenvalue weighted by molar-refractivity contribution is 5.97. The lowest BCUT2D eigenvalue weighted by atomic mass is 10.2. The lowest BCUT2D eigenvalue weighted by molar-refractivity contribution is -0.118. The molecule has 4 heteroatoms. The summed E-state index contributed by atoms with van der Waals surface area (Å²) in [7, 11) is 0. The number of hydrogen-bond donors (Lipinski definition) is 2. The first-order chi connectivity index (χ1) is 6.68. The van der Waals surface area contributed by atoms with Crippen molar-refractivity contribution in [2.75, 3.05) is 17.2 Å². The molecule has 14 heavy (non-hydrogen) atoms. The Morgan fingerprint density at radius 1 is 1.50 bits per heavy atom. The van der Waals surface area contributed by atoms with E-state index in [1.165, 1.54) is 6.07 Å².